The van der Waals surface area contributed by atoms with Crippen molar-refractivity contribution in [2.75, 3.05) is 26.2 Å². The third kappa shape index (κ3) is 4.06. The maximum Gasteiger partial charge on any atom is 0.274 e. The van der Waals surface area contributed by atoms with Crippen LogP contribution in [0.25, 0.3) is 11.0 Å². The Morgan fingerprint density at radius 3 is 2.79 bits per heavy atom. The van der Waals surface area contributed by atoms with Crippen LogP contribution < -0.4 is 5.32 Å². The number of aromatic nitrogens is 1. The molecule has 1 amide bonds. The van der Waals surface area contributed by atoms with E-state index in [-0.39, 0.29) is 23.5 Å². The number of aliphatic hydroxyl groups excluding tert-OH is 1. The normalized spacial score (nSPS) is 12.5. The summed E-state index contributed by atoms with van der Waals surface area (Å²) in [6.45, 7) is 6.16. The second-order valence-corrected chi connectivity index (χ2v) is 5.32. The number of rotatable bonds is 8. The Morgan fingerprint density at radius 1 is 1.46 bits per heavy atom. The highest BCUT2D eigenvalue weighted by atomic mass is 16.6. The molecule has 0 saturated carbocycles. The Bertz CT molecular complexity index is 726. The molecular weight excluding hydrogens is 316 g/mol. The number of aliphatic hydroxyl groups is 1. The number of amides is 1. The molecule has 0 bridgehead atoms. The molecule has 0 radical (unpaired) electrons. The van der Waals surface area contributed by atoms with E-state index in [1.165, 1.54) is 18.2 Å². The molecule has 1 aromatic heterocycles. The minimum absolute atomic E-state index is 0.0370. The van der Waals surface area contributed by atoms with Crippen LogP contribution in [-0.4, -0.2) is 58.3 Å². The maximum absolute atomic E-state index is 12.2. The van der Waals surface area contributed by atoms with E-state index in [4.69, 9.17) is 4.52 Å². The van der Waals surface area contributed by atoms with Gasteiger partial charge in [0.1, 0.15) is 0 Å². The van der Waals surface area contributed by atoms with E-state index in [0.29, 0.717) is 11.9 Å². The summed E-state index contributed by atoms with van der Waals surface area (Å²) in [5.41, 5.74) is 0.0632. The Hall–Kier alpha value is -2.52. The molecule has 2 aromatic rings. The van der Waals surface area contributed by atoms with Gasteiger partial charge >= 0.3 is 0 Å². The number of nitro benzene ring substituents is 1. The lowest BCUT2D eigenvalue weighted by Gasteiger charge is -2.21. The van der Waals surface area contributed by atoms with Crippen LogP contribution >= 0.6 is 0 Å². The average molecular weight is 336 g/mol. The zero-order chi connectivity index (χ0) is 17.7. The topological polar surface area (TPSA) is 122 Å². The van der Waals surface area contributed by atoms with Crippen molar-refractivity contribution >= 4 is 22.6 Å². The molecule has 24 heavy (non-hydrogen) atoms. The first-order valence-corrected chi connectivity index (χ1v) is 7.68. The molecule has 0 aliphatic heterocycles. The summed E-state index contributed by atoms with van der Waals surface area (Å²) in [4.78, 5) is 24.4. The highest BCUT2D eigenvalue weighted by Gasteiger charge is 2.19. The van der Waals surface area contributed by atoms with Crippen LogP contribution in [0.3, 0.4) is 0 Å². The number of fused-ring (bicyclic) bond motifs is 1. The minimum atomic E-state index is -0.701. The number of hydrogen-bond donors (Lipinski definition) is 2. The molecule has 9 heteroatoms. The quantitative estimate of drug-likeness (QED) is 0.548. The monoisotopic (exact) mass is 336 g/mol. The van der Waals surface area contributed by atoms with Crippen molar-refractivity contribution in [2.45, 2.75) is 20.0 Å². The van der Waals surface area contributed by atoms with Gasteiger partial charge in [0, 0.05) is 19.2 Å². The van der Waals surface area contributed by atoms with Gasteiger partial charge in [-0.1, -0.05) is 19.0 Å². The van der Waals surface area contributed by atoms with Crippen LogP contribution in [0.1, 0.15) is 24.3 Å². The summed E-state index contributed by atoms with van der Waals surface area (Å²) in [7, 11) is 0. The van der Waals surface area contributed by atoms with E-state index in [9.17, 15) is 20.0 Å². The van der Waals surface area contributed by atoms with Gasteiger partial charge in [-0.2, -0.15) is 0 Å². The number of nitrogens with zero attached hydrogens (tertiary/aromatic N) is 3. The Balaban J connectivity index is 2.02. The number of nitrogens with one attached hydrogen (secondary N) is 1. The molecule has 0 aliphatic carbocycles. The highest BCUT2D eigenvalue weighted by molar-refractivity contribution is 6.04. The Labute approximate surface area is 138 Å². The van der Waals surface area contributed by atoms with Crippen LogP contribution in [0.5, 0.6) is 0 Å². The standard InChI is InChI=1S/C15H20N4O5/c1-3-18(4-2)9-11(20)8-16-15(21)14-12-6-5-10(19(22)23)7-13(12)24-17-14/h5-7,11,20H,3-4,8-9H2,1-2H3,(H,16,21)/t11-/m0/s1. The fraction of sp³-hybridized carbons (Fsp3) is 0.467. The number of carbonyl (C=O) groups is 1. The van der Waals surface area contributed by atoms with Crippen LogP contribution in [-0.2, 0) is 0 Å². The van der Waals surface area contributed by atoms with Crippen molar-refractivity contribution < 1.29 is 19.3 Å². The first-order chi connectivity index (χ1) is 11.5. The third-order valence-corrected chi connectivity index (χ3v) is 3.74. The smallest absolute Gasteiger partial charge is 0.274 e. The fourth-order valence-corrected chi connectivity index (χ4v) is 2.34. The summed E-state index contributed by atoms with van der Waals surface area (Å²) < 4.78 is 4.98. The van der Waals surface area contributed by atoms with Gasteiger partial charge in [0.05, 0.1) is 22.5 Å². The molecule has 0 saturated heterocycles. The SMILES string of the molecule is CCN(CC)C[C@@H](O)CNC(=O)c1noc2cc([N+](=O)[O-])ccc12. The molecule has 1 aromatic carbocycles. The van der Waals surface area contributed by atoms with Gasteiger partial charge in [0.2, 0.25) is 0 Å². The largest absolute Gasteiger partial charge is 0.390 e. The second kappa shape index (κ2) is 7.84. The lowest BCUT2D eigenvalue weighted by molar-refractivity contribution is -0.384. The molecule has 1 heterocycles. The van der Waals surface area contributed by atoms with Crippen molar-refractivity contribution in [1.82, 2.24) is 15.4 Å². The summed E-state index contributed by atoms with van der Waals surface area (Å²) in [6, 6.07) is 3.92. The number of nitro groups is 1. The van der Waals surface area contributed by atoms with E-state index < -0.39 is 16.9 Å². The molecular formula is C15H20N4O5. The second-order valence-electron chi connectivity index (χ2n) is 5.32. The van der Waals surface area contributed by atoms with Gasteiger partial charge in [0.15, 0.2) is 11.3 Å². The van der Waals surface area contributed by atoms with Gasteiger partial charge in [-0.25, -0.2) is 0 Å². The predicted octanol–water partition coefficient (Wildman–Crippen LogP) is 1.17. The van der Waals surface area contributed by atoms with Crippen LogP contribution in [0.15, 0.2) is 22.7 Å². The summed E-state index contributed by atoms with van der Waals surface area (Å²) in [5.74, 6) is -0.499. The first-order valence-electron chi connectivity index (χ1n) is 7.68. The Morgan fingerprint density at radius 2 is 2.17 bits per heavy atom. The predicted molar refractivity (Wildman–Crippen MR) is 86.8 cm³/mol. The van der Waals surface area contributed by atoms with Crippen molar-refractivity contribution in [1.29, 1.82) is 0 Å². The molecule has 2 rings (SSSR count). The lowest BCUT2D eigenvalue weighted by atomic mass is 10.2. The van der Waals surface area contributed by atoms with E-state index in [0.717, 1.165) is 13.1 Å². The summed E-state index contributed by atoms with van der Waals surface area (Å²) in [5, 5.41) is 27.3. The van der Waals surface area contributed by atoms with Crippen LogP contribution in [0.4, 0.5) is 5.69 Å². The fourth-order valence-electron chi connectivity index (χ4n) is 2.34. The summed E-state index contributed by atoms with van der Waals surface area (Å²) in [6.07, 6.45) is -0.701. The van der Waals surface area contributed by atoms with Crippen molar-refractivity contribution in [3.05, 3.63) is 34.0 Å². The van der Waals surface area contributed by atoms with Gasteiger partial charge in [-0.15, -0.1) is 0 Å². The molecule has 130 valence electrons. The molecule has 1 atom stereocenters. The lowest BCUT2D eigenvalue weighted by Crippen LogP contribution is -2.40. The number of hydrogen-bond acceptors (Lipinski definition) is 7. The molecule has 0 fully saturated rings. The van der Waals surface area contributed by atoms with E-state index in [2.05, 4.69) is 10.5 Å². The minimum Gasteiger partial charge on any atom is -0.390 e. The Kier molecular flexibility index (Phi) is 5.83. The third-order valence-electron chi connectivity index (χ3n) is 3.74. The molecule has 2 N–H and O–H groups in total. The average Bonchev–Trinajstić information content (AvgIpc) is 3.00. The molecule has 0 spiro atoms. The zero-order valence-corrected chi connectivity index (χ0v) is 13.6. The number of carbonyl (C=O) groups excluding carboxylic acids is 1. The maximum atomic E-state index is 12.2. The van der Waals surface area contributed by atoms with E-state index in [1.807, 2.05) is 18.7 Å². The van der Waals surface area contributed by atoms with Gasteiger partial charge in [-0.05, 0) is 19.2 Å². The zero-order valence-electron chi connectivity index (χ0n) is 13.6. The first kappa shape index (κ1) is 17.8. The van der Waals surface area contributed by atoms with Crippen molar-refractivity contribution in [3.8, 4) is 0 Å². The van der Waals surface area contributed by atoms with Gasteiger partial charge < -0.3 is 19.8 Å². The summed E-state index contributed by atoms with van der Waals surface area (Å²) >= 11 is 0. The van der Waals surface area contributed by atoms with E-state index in [1.54, 1.807) is 0 Å². The molecule has 0 aliphatic rings. The number of non-ortho nitro benzene ring substituents is 1. The van der Waals surface area contributed by atoms with Gasteiger partial charge in [-0.3, -0.25) is 14.9 Å². The van der Waals surface area contributed by atoms with Crippen LogP contribution in [0, 0.1) is 10.1 Å². The van der Waals surface area contributed by atoms with Crippen molar-refractivity contribution in [3.63, 3.8) is 0 Å². The van der Waals surface area contributed by atoms with Gasteiger partial charge in [0.25, 0.3) is 11.6 Å². The van der Waals surface area contributed by atoms with Crippen molar-refractivity contribution in [2.24, 2.45) is 0 Å². The van der Waals surface area contributed by atoms with Crippen LogP contribution in [0.2, 0.25) is 0 Å². The number of likely N-dealkylation sites (N-methyl/N-ethyl adjacent to an activating group) is 1. The number of benzene rings is 1. The molecule has 9 nitrogen and oxygen atoms in total. The molecule has 0 unspecified atom stereocenters. The highest BCUT2D eigenvalue weighted by Crippen LogP contribution is 2.23. The van der Waals surface area contributed by atoms with E-state index >= 15 is 0 Å².